The molecular formula is C22H32N2O3. The van der Waals surface area contributed by atoms with E-state index in [1.54, 1.807) is 6.92 Å². The molecule has 0 fully saturated rings. The molecule has 0 spiro atoms. The Morgan fingerprint density at radius 3 is 2.41 bits per heavy atom. The summed E-state index contributed by atoms with van der Waals surface area (Å²) in [6.07, 6.45) is 6.11. The van der Waals surface area contributed by atoms with Gasteiger partial charge >= 0.3 is 5.97 Å². The molecule has 2 unspecified atom stereocenters. The van der Waals surface area contributed by atoms with Crippen LogP contribution in [0, 0.1) is 0 Å². The van der Waals surface area contributed by atoms with Gasteiger partial charge in [-0.3, -0.25) is 9.59 Å². The van der Waals surface area contributed by atoms with Crippen molar-refractivity contribution in [3.8, 4) is 0 Å². The normalized spacial score (nSPS) is 13.4. The van der Waals surface area contributed by atoms with E-state index in [4.69, 9.17) is 10.5 Å². The van der Waals surface area contributed by atoms with E-state index in [1.807, 2.05) is 43.3 Å². The van der Waals surface area contributed by atoms with E-state index in [9.17, 15) is 9.59 Å². The Hall–Kier alpha value is -2.40. The van der Waals surface area contributed by atoms with Crippen LogP contribution in [0.5, 0.6) is 0 Å². The first-order chi connectivity index (χ1) is 12.8. The Labute approximate surface area is 162 Å². The van der Waals surface area contributed by atoms with Gasteiger partial charge in [-0.25, -0.2) is 0 Å². The zero-order valence-corrected chi connectivity index (χ0v) is 16.8. The van der Waals surface area contributed by atoms with Gasteiger partial charge in [0.05, 0.1) is 18.5 Å². The minimum atomic E-state index is -0.640. The predicted octanol–water partition coefficient (Wildman–Crippen LogP) is 3.82. The summed E-state index contributed by atoms with van der Waals surface area (Å²) in [6, 6.07) is 8.25. The zero-order chi connectivity index (χ0) is 20.2. The van der Waals surface area contributed by atoms with Crippen molar-refractivity contribution in [2.45, 2.75) is 59.0 Å². The SMILES string of the molecule is CC(C)=CCC/C(C)=C/COC(=O)CC(NC(=O)C(C)N)c1ccccc1. The Morgan fingerprint density at radius 2 is 1.81 bits per heavy atom. The Balaban J connectivity index is 2.58. The average molecular weight is 373 g/mol. The maximum atomic E-state index is 12.2. The Bertz CT molecular complexity index is 659. The predicted molar refractivity (Wildman–Crippen MR) is 109 cm³/mol. The van der Waals surface area contributed by atoms with Crippen LogP contribution in [-0.2, 0) is 14.3 Å². The van der Waals surface area contributed by atoms with Crippen molar-refractivity contribution in [2.24, 2.45) is 5.73 Å². The van der Waals surface area contributed by atoms with Crippen LogP contribution in [0.1, 0.15) is 58.6 Å². The molecule has 148 valence electrons. The molecule has 0 aliphatic rings. The van der Waals surface area contributed by atoms with Crippen molar-refractivity contribution in [3.05, 3.63) is 59.2 Å². The van der Waals surface area contributed by atoms with Crippen molar-refractivity contribution in [3.63, 3.8) is 0 Å². The number of ether oxygens (including phenoxy) is 1. The molecule has 1 rings (SSSR count). The molecule has 0 bridgehead atoms. The van der Waals surface area contributed by atoms with Gasteiger partial charge in [-0.2, -0.15) is 0 Å². The van der Waals surface area contributed by atoms with Crippen LogP contribution in [0.4, 0.5) is 0 Å². The fraction of sp³-hybridized carbons (Fsp3) is 0.455. The second-order valence-electron chi connectivity index (χ2n) is 7.02. The van der Waals surface area contributed by atoms with E-state index in [2.05, 4.69) is 25.2 Å². The second-order valence-corrected chi connectivity index (χ2v) is 7.02. The molecule has 0 aliphatic heterocycles. The molecule has 0 radical (unpaired) electrons. The fourth-order valence-electron chi connectivity index (χ4n) is 2.43. The summed E-state index contributed by atoms with van der Waals surface area (Å²) >= 11 is 0. The molecule has 1 amide bonds. The highest BCUT2D eigenvalue weighted by atomic mass is 16.5. The van der Waals surface area contributed by atoms with Crippen LogP contribution in [0.3, 0.4) is 0 Å². The highest BCUT2D eigenvalue weighted by Gasteiger charge is 2.20. The number of benzene rings is 1. The van der Waals surface area contributed by atoms with Gasteiger partial charge in [0.1, 0.15) is 6.61 Å². The third-order valence-electron chi connectivity index (χ3n) is 4.07. The maximum absolute atomic E-state index is 12.2. The largest absolute Gasteiger partial charge is 0.461 e. The molecule has 0 aromatic heterocycles. The highest BCUT2D eigenvalue weighted by Crippen LogP contribution is 2.17. The second kappa shape index (κ2) is 12.1. The fourth-order valence-corrected chi connectivity index (χ4v) is 2.43. The smallest absolute Gasteiger partial charge is 0.308 e. The third-order valence-corrected chi connectivity index (χ3v) is 4.07. The summed E-state index contributed by atoms with van der Waals surface area (Å²) in [5.41, 5.74) is 8.96. The Morgan fingerprint density at radius 1 is 1.15 bits per heavy atom. The molecule has 5 nitrogen and oxygen atoms in total. The molecular weight excluding hydrogens is 340 g/mol. The van der Waals surface area contributed by atoms with Gasteiger partial charge in [-0.15, -0.1) is 0 Å². The topological polar surface area (TPSA) is 81.4 Å². The van der Waals surface area contributed by atoms with E-state index >= 15 is 0 Å². The van der Waals surface area contributed by atoms with Crippen LogP contribution in [0.2, 0.25) is 0 Å². The van der Waals surface area contributed by atoms with E-state index < -0.39 is 12.1 Å². The number of esters is 1. The summed E-state index contributed by atoms with van der Waals surface area (Å²) in [5, 5.41) is 2.81. The first kappa shape index (κ1) is 22.6. The van der Waals surface area contributed by atoms with Gasteiger partial charge in [0.2, 0.25) is 5.91 Å². The molecule has 3 N–H and O–H groups in total. The van der Waals surface area contributed by atoms with Crippen LogP contribution < -0.4 is 11.1 Å². The number of nitrogens with one attached hydrogen (secondary N) is 1. The van der Waals surface area contributed by atoms with E-state index in [1.165, 1.54) is 11.1 Å². The van der Waals surface area contributed by atoms with Crippen LogP contribution >= 0.6 is 0 Å². The van der Waals surface area contributed by atoms with Crippen molar-refractivity contribution < 1.29 is 14.3 Å². The molecule has 0 aliphatic carbocycles. The highest BCUT2D eigenvalue weighted by molar-refractivity contribution is 5.82. The lowest BCUT2D eigenvalue weighted by molar-refractivity contribution is -0.143. The molecule has 5 heteroatoms. The molecule has 0 saturated carbocycles. The van der Waals surface area contributed by atoms with Gasteiger partial charge in [0, 0.05) is 0 Å². The number of rotatable bonds is 10. The number of amides is 1. The number of hydrogen-bond acceptors (Lipinski definition) is 4. The molecule has 0 heterocycles. The molecule has 0 saturated heterocycles. The number of carbonyl (C=O) groups excluding carboxylic acids is 2. The number of hydrogen-bond donors (Lipinski definition) is 2. The van der Waals surface area contributed by atoms with Crippen LogP contribution in [0.25, 0.3) is 0 Å². The summed E-state index contributed by atoms with van der Waals surface area (Å²) in [5.74, 6) is -0.658. The summed E-state index contributed by atoms with van der Waals surface area (Å²) in [4.78, 5) is 24.2. The van der Waals surface area contributed by atoms with E-state index in [0.717, 1.165) is 18.4 Å². The Kier molecular flexibility index (Phi) is 10.1. The van der Waals surface area contributed by atoms with E-state index in [-0.39, 0.29) is 24.9 Å². The van der Waals surface area contributed by atoms with Crippen LogP contribution in [0.15, 0.2) is 53.6 Å². The number of nitrogens with two attached hydrogens (primary N) is 1. The summed E-state index contributed by atoms with van der Waals surface area (Å²) < 4.78 is 5.32. The molecule has 2 atom stereocenters. The minimum Gasteiger partial charge on any atom is -0.461 e. The van der Waals surface area contributed by atoms with Gasteiger partial charge < -0.3 is 15.8 Å². The lowest BCUT2D eigenvalue weighted by atomic mass is 10.0. The van der Waals surface area contributed by atoms with E-state index in [0.29, 0.717) is 0 Å². The quantitative estimate of drug-likeness (QED) is 0.483. The average Bonchev–Trinajstić information content (AvgIpc) is 2.61. The minimum absolute atomic E-state index is 0.0626. The lowest BCUT2D eigenvalue weighted by Gasteiger charge is -2.19. The standard InChI is InChI=1S/C22H32N2O3/c1-16(2)9-8-10-17(3)13-14-27-21(25)15-20(24-22(26)18(4)23)19-11-6-5-7-12-19/h5-7,9,11-13,18,20H,8,10,14-15,23H2,1-4H3,(H,24,26)/b17-13+. The number of allylic oxidation sites excluding steroid dienone is 3. The van der Waals surface area contributed by atoms with Crippen molar-refractivity contribution in [1.29, 1.82) is 0 Å². The lowest BCUT2D eigenvalue weighted by Crippen LogP contribution is -2.41. The summed E-state index contributed by atoms with van der Waals surface area (Å²) in [6.45, 7) is 8.03. The van der Waals surface area contributed by atoms with Crippen LogP contribution in [-0.4, -0.2) is 24.5 Å². The molecule has 1 aromatic rings. The monoisotopic (exact) mass is 372 g/mol. The zero-order valence-electron chi connectivity index (χ0n) is 16.8. The van der Waals surface area contributed by atoms with Gasteiger partial charge in [0.15, 0.2) is 0 Å². The maximum Gasteiger partial charge on any atom is 0.308 e. The first-order valence-electron chi connectivity index (χ1n) is 9.35. The van der Waals surface area contributed by atoms with Gasteiger partial charge in [0.25, 0.3) is 0 Å². The van der Waals surface area contributed by atoms with Gasteiger partial charge in [-0.1, -0.05) is 47.6 Å². The first-order valence-corrected chi connectivity index (χ1v) is 9.35. The van der Waals surface area contributed by atoms with Crippen molar-refractivity contribution >= 4 is 11.9 Å². The summed E-state index contributed by atoms with van der Waals surface area (Å²) in [7, 11) is 0. The molecule has 27 heavy (non-hydrogen) atoms. The van der Waals surface area contributed by atoms with Crippen molar-refractivity contribution in [1.82, 2.24) is 5.32 Å². The van der Waals surface area contributed by atoms with Gasteiger partial charge in [-0.05, 0) is 52.2 Å². The number of carbonyl (C=O) groups is 2. The molecule has 1 aromatic carbocycles. The van der Waals surface area contributed by atoms with Crippen molar-refractivity contribution in [2.75, 3.05) is 6.61 Å². The third kappa shape index (κ3) is 9.75.